The lowest BCUT2D eigenvalue weighted by molar-refractivity contribution is 0.104. The average Bonchev–Trinajstić information content (AvgIpc) is 3.11. The van der Waals surface area contributed by atoms with E-state index in [1.165, 1.54) is 51.4 Å². The first-order chi connectivity index (χ1) is 7.88. The summed E-state index contributed by atoms with van der Waals surface area (Å²) in [6.45, 7) is 4.13. The Bertz CT molecular complexity index is 157. The maximum atomic E-state index is 5.73. The van der Waals surface area contributed by atoms with E-state index < -0.39 is 0 Å². The molecule has 0 aliphatic heterocycles. The number of nitrogens with one attached hydrogen (secondary N) is 1. The van der Waals surface area contributed by atoms with E-state index in [0.717, 1.165) is 19.1 Å². The Hall–Kier alpha value is -0.0800. The molecule has 0 spiro atoms. The van der Waals surface area contributed by atoms with Gasteiger partial charge in [-0.15, -0.1) is 0 Å². The third-order valence-electron chi connectivity index (χ3n) is 3.50. The Kier molecular flexibility index (Phi) is 7.87. The van der Waals surface area contributed by atoms with Crippen LogP contribution in [-0.2, 0) is 4.74 Å². The van der Waals surface area contributed by atoms with Gasteiger partial charge in [0, 0.05) is 12.6 Å². The maximum absolute atomic E-state index is 5.73. The zero-order valence-corrected chi connectivity index (χ0v) is 11.1. The predicted octanol–water partition coefficient (Wildman–Crippen LogP) is 3.36. The Balaban J connectivity index is 1.80. The monoisotopic (exact) mass is 227 g/mol. The van der Waals surface area contributed by atoms with Gasteiger partial charge in [0.2, 0.25) is 0 Å². The van der Waals surface area contributed by atoms with Gasteiger partial charge in [-0.25, -0.2) is 0 Å². The summed E-state index contributed by atoms with van der Waals surface area (Å²) in [6, 6.07) is 0.611. The number of hydrogen-bond donors (Lipinski definition) is 1. The Morgan fingerprint density at radius 2 is 1.81 bits per heavy atom. The third-order valence-corrected chi connectivity index (χ3v) is 3.50. The second kappa shape index (κ2) is 9.00. The summed E-state index contributed by atoms with van der Waals surface area (Å²) in [5.41, 5.74) is 0. The van der Waals surface area contributed by atoms with Crippen LogP contribution in [0, 0.1) is 5.92 Å². The number of ether oxygens (including phenoxy) is 1. The fourth-order valence-corrected chi connectivity index (χ4v) is 2.15. The van der Waals surface area contributed by atoms with Crippen molar-refractivity contribution in [2.45, 2.75) is 64.3 Å². The van der Waals surface area contributed by atoms with Crippen LogP contribution >= 0.6 is 0 Å². The standard InChI is InChI=1S/C14H29NO/c1-3-4-5-6-7-8-11-16-12-14(15-2)13-9-10-13/h13-15H,3-12H2,1-2H3. The summed E-state index contributed by atoms with van der Waals surface area (Å²) in [4.78, 5) is 0. The van der Waals surface area contributed by atoms with Gasteiger partial charge in [-0.05, 0) is 32.2 Å². The number of unbranched alkanes of at least 4 members (excludes halogenated alkanes) is 5. The number of rotatable bonds is 11. The van der Waals surface area contributed by atoms with Crippen LogP contribution in [0.2, 0.25) is 0 Å². The molecule has 0 bridgehead atoms. The molecule has 0 radical (unpaired) electrons. The van der Waals surface area contributed by atoms with Crippen LogP contribution in [-0.4, -0.2) is 26.3 Å². The minimum absolute atomic E-state index is 0.611. The van der Waals surface area contributed by atoms with Crippen molar-refractivity contribution in [3.05, 3.63) is 0 Å². The Morgan fingerprint density at radius 3 is 2.44 bits per heavy atom. The second-order valence-electron chi connectivity index (χ2n) is 5.08. The van der Waals surface area contributed by atoms with Crippen molar-refractivity contribution in [2.75, 3.05) is 20.3 Å². The van der Waals surface area contributed by atoms with Crippen LogP contribution in [0.3, 0.4) is 0 Å². The van der Waals surface area contributed by atoms with Crippen LogP contribution < -0.4 is 5.32 Å². The Labute approximate surface area is 101 Å². The van der Waals surface area contributed by atoms with Crippen molar-refractivity contribution >= 4 is 0 Å². The van der Waals surface area contributed by atoms with E-state index in [1.807, 2.05) is 0 Å². The fraction of sp³-hybridized carbons (Fsp3) is 1.00. The van der Waals surface area contributed by atoms with Crippen LogP contribution in [0.25, 0.3) is 0 Å². The molecular weight excluding hydrogens is 198 g/mol. The minimum Gasteiger partial charge on any atom is -0.380 e. The van der Waals surface area contributed by atoms with Gasteiger partial charge in [-0.3, -0.25) is 0 Å². The maximum Gasteiger partial charge on any atom is 0.0622 e. The summed E-state index contributed by atoms with van der Waals surface area (Å²) in [5, 5.41) is 3.36. The van der Waals surface area contributed by atoms with E-state index >= 15 is 0 Å². The van der Waals surface area contributed by atoms with Crippen molar-refractivity contribution in [1.82, 2.24) is 5.32 Å². The van der Waals surface area contributed by atoms with Gasteiger partial charge >= 0.3 is 0 Å². The van der Waals surface area contributed by atoms with Crippen LogP contribution in [0.1, 0.15) is 58.3 Å². The smallest absolute Gasteiger partial charge is 0.0622 e. The zero-order valence-electron chi connectivity index (χ0n) is 11.1. The molecule has 0 amide bonds. The van der Waals surface area contributed by atoms with Gasteiger partial charge in [0.1, 0.15) is 0 Å². The molecule has 2 nitrogen and oxygen atoms in total. The first kappa shape index (κ1) is 14.0. The van der Waals surface area contributed by atoms with Gasteiger partial charge in [0.25, 0.3) is 0 Å². The summed E-state index contributed by atoms with van der Waals surface area (Å²) < 4.78 is 5.73. The Morgan fingerprint density at radius 1 is 1.12 bits per heavy atom. The molecule has 1 unspecified atom stereocenters. The highest BCUT2D eigenvalue weighted by Crippen LogP contribution is 2.32. The SMILES string of the molecule is CCCCCCCCOCC(NC)C1CC1. The lowest BCUT2D eigenvalue weighted by Gasteiger charge is -2.15. The van der Waals surface area contributed by atoms with E-state index in [4.69, 9.17) is 4.74 Å². The highest BCUT2D eigenvalue weighted by Gasteiger charge is 2.29. The highest BCUT2D eigenvalue weighted by atomic mass is 16.5. The zero-order chi connectivity index (χ0) is 11.6. The van der Waals surface area contributed by atoms with Crippen LogP contribution in [0.5, 0.6) is 0 Å². The molecule has 0 aromatic heterocycles. The first-order valence-corrected chi connectivity index (χ1v) is 7.13. The molecule has 1 N–H and O–H groups in total. The summed E-state index contributed by atoms with van der Waals surface area (Å²) in [6.07, 6.45) is 10.9. The summed E-state index contributed by atoms with van der Waals surface area (Å²) in [7, 11) is 2.05. The van der Waals surface area contributed by atoms with Crippen LogP contribution in [0.15, 0.2) is 0 Å². The van der Waals surface area contributed by atoms with Gasteiger partial charge in [-0.1, -0.05) is 39.0 Å². The van der Waals surface area contributed by atoms with E-state index in [1.54, 1.807) is 0 Å². The molecule has 1 atom stereocenters. The molecule has 1 fully saturated rings. The molecule has 1 aliphatic rings. The average molecular weight is 227 g/mol. The van der Waals surface area contributed by atoms with E-state index in [2.05, 4.69) is 19.3 Å². The molecule has 1 rings (SSSR count). The van der Waals surface area contributed by atoms with Crippen molar-refractivity contribution in [2.24, 2.45) is 5.92 Å². The predicted molar refractivity (Wildman–Crippen MR) is 69.8 cm³/mol. The van der Waals surface area contributed by atoms with Gasteiger partial charge in [0.05, 0.1) is 6.61 Å². The number of likely N-dealkylation sites (N-methyl/N-ethyl adjacent to an activating group) is 1. The van der Waals surface area contributed by atoms with E-state index in [-0.39, 0.29) is 0 Å². The minimum atomic E-state index is 0.611. The summed E-state index contributed by atoms with van der Waals surface area (Å²) in [5.74, 6) is 0.898. The molecule has 16 heavy (non-hydrogen) atoms. The third kappa shape index (κ3) is 6.49. The van der Waals surface area contributed by atoms with E-state index in [0.29, 0.717) is 6.04 Å². The second-order valence-corrected chi connectivity index (χ2v) is 5.08. The van der Waals surface area contributed by atoms with Crippen molar-refractivity contribution in [3.63, 3.8) is 0 Å². The topological polar surface area (TPSA) is 21.3 Å². The molecule has 0 aromatic carbocycles. The molecule has 0 saturated heterocycles. The van der Waals surface area contributed by atoms with Gasteiger partial charge < -0.3 is 10.1 Å². The van der Waals surface area contributed by atoms with Gasteiger partial charge in [-0.2, -0.15) is 0 Å². The van der Waals surface area contributed by atoms with Gasteiger partial charge in [0.15, 0.2) is 0 Å². The largest absolute Gasteiger partial charge is 0.380 e. The molecular formula is C14H29NO. The molecule has 0 aromatic rings. The quantitative estimate of drug-likeness (QED) is 0.546. The normalized spacial score (nSPS) is 17.6. The molecule has 1 aliphatic carbocycles. The molecule has 1 saturated carbocycles. The van der Waals surface area contributed by atoms with E-state index in [9.17, 15) is 0 Å². The lowest BCUT2D eigenvalue weighted by Crippen LogP contribution is -2.32. The van der Waals surface area contributed by atoms with Crippen molar-refractivity contribution in [1.29, 1.82) is 0 Å². The first-order valence-electron chi connectivity index (χ1n) is 7.13. The summed E-state index contributed by atoms with van der Waals surface area (Å²) >= 11 is 0. The van der Waals surface area contributed by atoms with Crippen molar-refractivity contribution < 1.29 is 4.74 Å². The lowest BCUT2D eigenvalue weighted by atomic mass is 10.1. The number of hydrogen-bond acceptors (Lipinski definition) is 2. The molecule has 0 heterocycles. The molecule has 96 valence electrons. The fourth-order valence-electron chi connectivity index (χ4n) is 2.15. The van der Waals surface area contributed by atoms with Crippen LogP contribution in [0.4, 0.5) is 0 Å². The van der Waals surface area contributed by atoms with Crippen molar-refractivity contribution in [3.8, 4) is 0 Å². The highest BCUT2D eigenvalue weighted by molar-refractivity contribution is 4.85. The molecule has 2 heteroatoms.